The molecule has 3 aromatic rings. The van der Waals surface area contributed by atoms with Gasteiger partial charge in [-0.15, -0.1) is 23.1 Å². The molecule has 8 heteroatoms. The number of hydrogen-bond acceptors (Lipinski definition) is 6. The van der Waals surface area contributed by atoms with E-state index in [-0.39, 0.29) is 5.91 Å². The average molecular weight is 424 g/mol. The van der Waals surface area contributed by atoms with Gasteiger partial charge in [-0.25, -0.2) is 0 Å². The second-order valence-corrected chi connectivity index (χ2v) is 7.84. The van der Waals surface area contributed by atoms with E-state index in [0.717, 1.165) is 20.6 Å². The average Bonchev–Trinajstić information content (AvgIpc) is 3.21. The number of aryl methyl sites for hydroxylation is 1. The Hall–Kier alpha value is -1.64. The number of aromatic nitrogens is 2. The van der Waals surface area contributed by atoms with Crippen LogP contribution in [0.15, 0.2) is 44.7 Å². The molecule has 0 unspecified atom stereocenters. The number of carbonyl (C=O) groups excluding carboxylic acids is 1. The van der Waals surface area contributed by atoms with E-state index >= 15 is 0 Å². The quantitative estimate of drug-likeness (QED) is 0.619. The predicted octanol–water partition coefficient (Wildman–Crippen LogP) is 4.74. The first-order valence-corrected chi connectivity index (χ1v) is 9.95. The zero-order valence-electron chi connectivity index (χ0n) is 12.8. The van der Waals surface area contributed by atoms with E-state index in [4.69, 9.17) is 4.52 Å². The van der Waals surface area contributed by atoms with Gasteiger partial charge in [0.2, 0.25) is 17.6 Å². The van der Waals surface area contributed by atoms with Crippen LogP contribution in [0.1, 0.15) is 11.5 Å². The van der Waals surface area contributed by atoms with E-state index in [1.54, 1.807) is 11.3 Å². The molecule has 0 radical (unpaired) electrons. The van der Waals surface area contributed by atoms with Crippen molar-refractivity contribution in [2.75, 3.05) is 11.1 Å². The predicted molar refractivity (Wildman–Crippen MR) is 101 cm³/mol. The number of carbonyl (C=O) groups is 1. The lowest BCUT2D eigenvalue weighted by Crippen LogP contribution is -2.15. The van der Waals surface area contributed by atoms with Crippen molar-refractivity contribution in [3.8, 4) is 10.7 Å². The summed E-state index contributed by atoms with van der Waals surface area (Å²) in [7, 11) is 0. The molecule has 0 atom stereocenters. The van der Waals surface area contributed by atoms with Crippen molar-refractivity contribution in [1.82, 2.24) is 10.1 Å². The fourth-order valence-corrected chi connectivity index (χ4v) is 3.78. The van der Waals surface area contributed by atoms with Crippen molar-refractivity contribution >= 4 is 50.6 Å². The Bertz CT molecular complexity index is 834. The summed E-state index contributed by atoms with van der Waals surface area (Å²) >= 11 is 6.41. The van der Waals surface area contributed by atoms with Gasteiger partial charge in [0.05, 0.1) is 16.4 Å². The number of benzene rings is 1. The number of rotatable bonds is 6. The molecule has 3 rings (SSSR count). The summed E-state index contributed by atoms with van der Waals surface area (Å²) in [6.07, 6.45) is 0. The second kappa shape index (κ2) is 7.96. The number of hydrogen-bond donors (Lipinski definition) is 1. The molecular formula is C16H14BrN3O2S2. The first kappa shape index (κ1) is 17.2. The van der Waals surface area contributed by atoms with Gasteiger partial charge in [0, 0.05) is 10.2 Å². The van der Waals surface area contributed by atoms with E-state index in [2.05, 4.69) is 31.4 Å². The molecule has 2 heterocycles. The van der Waals surface area contributed by atoms with E-state index in [1.807, 2.05) is 42.6 Å². The SMILES string of the molecule is Cc1cc(Br)ccc1NC(=O)CSCc1nc(-c2cccs2)no1. The van der Waals surface area contributed by atoms with Crippen LogP contribution in [0, 0.1) is 6.92 Å². The van der Waals surface area contributed by atoms with Gasteiger partial charge in [-0.1, -0.05) is 27.2 Å². The molecule has 5 nitrogen and oxygen atoms in total. The van der Waals surface area contributed by atoms with Gasteiger partial charge in [-0.2, -0.15) is 4.98 Å². The van der Waals surface area contributed by atoms with Crippen molar-refractivity contribution in [3.63, 3.8) is 0 Å². The maximum atomic E-state index is 12.0. The Kier molecular flexibility index (Phi) is 5.70. The molecule has 0 aliphatic heterocycles. The molecule has 0 aliphatic rings. The molecule has 2 aromatic heterocycles. The van der Waals surface area contributed by atoms with Crippen LogP contribution in [-0.2, 0) is 10.5 Å². The van der Waals surface area contributed by atoms with Crippen molar-refractivity contribution in [3.05, 3.63) is 51.6 Å². The highest BCUT2D eigenvalue weighted by atomic mass is 79.9. The molecule has 1 N–H and O–H groups in total. The van der Waals surface area contributed by atoms with Crippen LogP contribution in [0.5, 0.6) is 0 Å². The van der Waals surface area contributed by atoms with Gasteiger partial charge >= 0.3 is 0 Å². The number of thioether (sulfide) groups is 1. The van der Waals surface area contributed by atoms with E-state index in [1.165, 1.54) is 11.8 Å². The van der Waals surface area contributed by atoms with Crippen LogP contribution < -0.4 is 5.32 Å². The summed E-state index contributed by atoms with van der Waals surface area (Å²) < 4.78 is 6.20. The van der Waals surface area contributed by atoms with Crippen molar-refractivity contribution in [1.29, 1.82) is 0 Å². The first-order valence-electron chi connectivity index (χ1n) is 7.12. The van der Waals surface area contributed by atoms with E-state index < -0.39 is 0 Å². The highest BCUT2D eigenvalue weighted by molar-refractivity contribution is 9.10. The number of nitrogens with one attached hydrogen (secondary N) is 1. The monoisotopic (exact) mass is 423 g/mol. The van der Waals surface area contributed by atoms with Gasteiger partial charge < -0.3 is 9.84 Å². The molecule has 0 saturated carbocycles. The maximum Gasteiger partial charge on any atom is 0.236 e. The number of nitrogens with zero attached hydrogens (tertiary/aromatic N) is 2. The van der Waals surface area contributed by atoms with Gasteiger partial charge in [0.1, 0.15) is 0 Å². The van der Waals surface area contributed by atoms with Crippen LogP contribution in [0.3, 0.4) is 0 Å². The summed E-state index contributed by atoms with van der Waals surface area (Å²) in [5.41, 5.74) is 1.83. The second-order valence-electron chi connectivity index (χ2n) is 4.99. The van der Waals surface area contributed by atoms with E-state index in [9.17, 15) is 4.79 Å². The number of thiophene rings is 1. The molecule has 24 heavy (non-hydrogen) atoms. The summed E-state index contributed by atoms with van der Waals surface area (Å²) in [5.74, 6) is 1.90. The zero-order chi connectivity index (χ0) is 16.9. The minimum Gasteiger partial charge on any atom is -0.338 e. The van der Waals surface area contributed by atoms with Crippen molar-refractivity contribution < 1.29 is 9.32 Å². The topological polar surface area (TPSA) is 68.0 Å². The molecule has 0 aliphatic carbocycles. The van der Waals surface area contributed by atoms with E-state index in [0.29, 0.717) is 23.2 Å². The maximum absolute atomic E-state index is 12.0. The highest BCUT2D eigenvalue weighted by Crippen LogP contribution is 2.23. The fourth-order valence-electron chi connectivity index (χ4n) is 2.00. The first-order chi connectivity index (χ1) is 11.6. The van der Waals surface area contributed by atoms with Gasteiger partial charge in [0.25, 0.3) is 0 Å². The molecule has 0 saturated heterocycles. The number of amides is 1. The fraction of sp³-hybridized carbons (Fsp3) is 0.188. The normalized spacial score (nSPS) is 10.8. The lowest BCUT2D eigenvalue weighted by atomic mass is 10.2. The number of halogens is 1. The Morgan fingerprint density at radius 1 is 1.42 bits per heavy atom. The summed E-state index contributed by atoms with van der Waals surface area (Å²) in [6, 6.07) is 9.64. The highest BCUT2D eigenvalue weighted by Gasteiger charge is 2.11. The summed E-state index contributed by atoms with van der Waals surface area (Å²) in [4.78, 5) is 17.3. The van der Waals surface area contributed by atoms with Crippen molar-refractivity contribution in [2.45, 2.75) is 12.7 Å². The Morgan fingerprint density at radius 2 is 2.29 bits per heavy atom. The lowest BCUT2D eigenvalue weighted by molar-refractivity contribution is -0.113. The minimum atomic E-state index is -0.0524. The van der Waals surface area contributed by atoms with Crippen molar-refractivity contribution in [2.24, 2.45) is 0 Å². The third kappa shape index (κ3) is 4.46. The molecule has 124 valence electrons. The Labute approximate surface area is 156 Å². The molecule has 0 spiro atoms. The largest absolute Gasteiger partial charge is 0.338 e. The zero-order valence-corrected chi connectivity index (χ0v) is 16.0. The summed E-state index contributed by atoms with van der Waals surface area (Å²) in [5, 5.41) is 8.82. The van der Waals surface area contributed by atoms with Gasteiger partial charge in [0.15, 0.2) is 0 Å². The van der Waals surface area contributed by atoms with Crippen LogP contribution in [0.25, 0.3) is 10.7 Å². The lowest BCUT2D eigenvalue weighted by Gasteiger charge is -2.08. The molecule has 1 aromatic carbocycles. The number of anilines is 1. The van der Waals surface area contributed by atoms with Crippen LogP contribution in [0.4, 0.5) is 5.69 Å². The third-order valence-electron chi connectivity index (χ3n) is 3.13. The van der Waals surface area contributed by atoms with Gasteiger partial charge in [-0.3, -0.25) is 4.79 Å². The molecule has 1 amide bonds. The Balaban J connectivity index is 1.48. The van der Waals surface area contributed by atoms with Gasteiger partial charge in [-0.05, 0) is 42.1 Å². The molecule has 0 bridgehead atoms. The van der Waals surface area contributed by atoms with Crippen LogP contribution in [0.2, 0.25) is 0 Å². The smallest absolute Gasteiger partial charge is 0.236 e. The van der Waals surface area contributed by atoms with Crippen LogP contribution >= 0.6 is 39.0 Å². The molecule has 0 fully saturated rings. The van der Waals surface area contributed by atoms with Crippen LogP contribution in [-0.4, -0.2) is 21.8 Å². The summed E-state index contributed by atoms with van der Waals surface area (Å²) in [6.45, 7) is 1.96. The third-order valence-corrected chi connectivity index (χ3v) is 5.41. The standard InChI is InChI=1S/C16H14BrN3O2S2/c1-10-7-11(17)4-5-12(10)18-14(21)8-23-9-15-19-16(20-22-15)13-3-2-6-24-13/h2-7H,8-9H2,1H3,(H,18,21). The minimum absolute atomic E-state index is 0.0524. The Morgan fingerprint density at radius 3 is 3.04 bits per heavy atom. The molecular weight excluding hydrogens is 410 g/mol.